The third kappa shape index (κ3) is 1.81. The number of hydrogen-bond donors (Lipinski definition) is 1. The number of nitrogens with two attached hydrogens (primary N) is 1. The molecule has 0 aliphatic carbocycles. The number of fused-ring (bicyclic) bond motifs is 1. The molecule has 2 N–H and O–H groups in total. The molecule has 70 valence electrons. The molecule has 0 aromatic heterocycles. The highest BCUT2D eigenvalue weighted by molar-refractivity contribution is 7.99. The van der Waals surface area contributed by atoms with Gasteiger partial charge in [-0.15, -0.1) is 11.8 Å². The maximum Gasteiger partial charge on any atom is 0.123 e. The molecule has 0 radical (unpaired) electrons. The SMILES string of the molecule is NCCOc1cccc2c1CCS2. The van der Waals surface area contributed by atoms with E-state index in [0.29, 0.717) is 13.2 Å². The van der Waals surface area contributed by atoms with Crippen molar-refractivity contribution >= 4 is 11.8 Å². The molecule has 0 atom stereocenters. The summed E-state index contributed by atoms with van der Waals surface area (Å²) in [4.78, 5) is 1.37. The second kappa shape index (κ2) is 4.03. The summed E-state index contributed by atoms with van der Waals surface area (Å²) in [6, 6.07) is 6.23. The summed E-state index contributed by atoms with van der Waals surface area (Å²) in [5.41, 5.74) is 6.75. The van der Waals surface area contributed by atoms with E-state index in [2.05, 4.69) is 6.07 Å². The molecule has 0 saturated carbocycles. The van der Waals surface area contributed by atoms with Gasteiger partial charge in [-0.1, -0.05) is 6.07 Å². The Morgan fingerprint density at radius 2 is 2.38 bits per heavy atom. The number of ether oxygens (including phenoxy) is 1. The summed E-state index contributed by atoms with van der Waals surface area (Å²) in [6.07, 6.45) is 1.13. The standard InChI is InChI=1S/C10H13NOS/c11-5-6-12-9-2-1-3-10-8(9)4-7-13-10/h1-3H,4-7,11H2. The maximum atomic E-state index is 5.56. The molecule has 0 saturated heterocycles. The Labute approximate surface area is 82.5 Å². The zero-order valence-corrected chi connectivity index (χ0v) is 8.27. The van der Waals surface area contributed by atoms with Crippen molar-refractivity contribution in [1.29, 1.82) is 0 Å². The minimum atomic E-state index is 0.580. The van der Waals surface area contributed by atoms with E-state index in [1.807, 2.05) is 23.9 Å². The van der Waals surface area contributed by atoms with Crippen LogP contribution in [0.5, 0.6) is 5.75 Å². The second-order valence-corrected chi connectivity index (χ2v) is 4.11. The van der Waals surface area contributed by atoms with Crippen molar-refractivity contribution in [2.75, 3.05) is 18.9 Å². The van der Waals surface area contributed by atoms with Gasteiger partial charge in [-0.3, -0.25) is 0 Å². The first-order valence-corrected chi connectivity index (χ1v) is 5.48. The number of benzene rings is 1. The van der Waals surface area contributed by atoms with Crippen molar-refractivity contribution in [2.24, 2.45) is 5.73 Å². The highest BCUT2D eigenvalue weighted by Gasteiger charge is 2.15. The third-order valence-electron chi connectivity index (χ3n) is 2.08. The molecule has 2 nitrogen and oxygen atoms in total. The topological polar surface area (TPSA) is 35.2 Å². The van der Waals surface area contributed by atoms with E-state index < -0.39 is 0 Å². The van der Waals surface area contributed by atoms with E-state index >= 15 is 0 Å². The average molecular weight is 195 g/mol. The van der Waals surface area contributed by atoms with Gasteiger partial charge in [0.2, 0.25) is 0 Å². The van der Waals surface area contributed by atoms with Crippen LogP contribution >= 0.6 is 11.8 Å². The Hall–Kier alpha value is -0.670. The van der Waals surface area contributed by atoms with Crippen LogP contribution in [0.15, 0.2) is 23.1 Å². The average Bonchev–Trinajstić information content (AvgIpc) is 2.62. The van der Waals surface area contributed by atoms with Crippen LogP contribution in [0.4, 0.5) is 0 Å². The van der Waals surface area contributed by atoms with E-state index in [-0.39, 0.29) is 0 Å². The lowest BCUT2D eigenvalue weighted by Crippen LogP contribution is -2.11. The van der Waals surface area contributed by atoms with Gasteiger partial charge in [0.1, 0.15) is 12.4 Å². The van der Waals surface area contributed by atoms with Crippen LogP contribution in [-0.2, 0) is 6.42 Å². The van der Waals surface area contributed by atoms with Crippen LogP contribution in [0.3, 0.4) is 0 Å². The molecule has 0 amide bonds. The zero-order chi connectivity index (χ0) is 9.10. The first kappa shape index (κ1) is 8.91. The Balaban J connectivity index is 2.20. The van der Waals surface area contributed by atoms with E-state index in [1.54, 1.807) is 0 Å². The fraction of sp³-hybridized carbons (Fsp3) is 0.400. The Kier molecular flexibility index (Phi) is 2.76. The minimum absolute atomic E-state index is 0.580. The van der Waals surface area contributed by atoms with Crippen molar-refractivity contribution in [2.45, 2.75) is 11.3 Å². The summed E-state index contributed by atoms with van der Waals surface area (Å²) in [5, 5.41) is 0. The molecule has 1 aromatic carbocycles. The lowest BCUT2D eigenvalue weighted by molar-refractivity contribution is 0.324. The first-order chi connectivity index (χ1) is 6.42. The quantitative estimate of drug-likeness (QED) is 0.797. The molecule has 2 rings (SSSR count). The predicted octanol–water partition coefficient (Wildman–Crippen LogP) is 1.67. The van der Waals surface area contributed by atoms with Crippen molar-refractivity contribution in [1.82, 2.24) is 0 Å². The van der Waals surface area contributed by atoms with Crippen LogP contribution in [0.25, 0.3) is 0 Å². The Morgan fingerprint density at radius 3 is 3.23 bits per heavy atom. The largest absolute Gasteiger partial charge is 0.492 e. The fourth-order valence-electron chi connectivity index (χ4n) is 1.49. The lowest BCUT2D eigenvalue weighted by Gasteiger charge is -2.08. The van der Waals surface area contributed by atoms with Crippen LogP contribution < -0.4 is 10.5 Å². The van der Waals surface area contributed by atoms with Gasteiger partial charge in [-0.25, -0.2) is 0 Å². The second-order valence-electron chi connectivity index (χ2n) is 2.97. The maximum absolute atomic E-state index is 5.56. The molecule has 3 heteroatoms. The van der Waals surface area contributed by atoms with Gasteiger partial charge < -0.3 is 10.5 Å². The van der Waals surface area contributed by atoms with Crippen LogP contribution in [0.2, 0.25) is 0 Å². The first-order valence-electron chi connectivity index (χ1n) is 4.49. The highest BCUT2D eigenvalue weighted by Crippen LogP contribution is 2.36. The molecule has 13 heavy (non-hydrogen) atoms. The van der Waals surface area contributed by atoms with Crippen LogP contribution in [0.1, 0.15) is 5.56 Å². The lowest BCUT2D eigenvalue weighted by atomic mass is 10.1. The zero-order valence-electron chi connectivity index (χ0n) is 7.45. The Bertz CT molecular complexity index is 301. The van der Waals surface area contributed by atoms with Crippen LogP contribution in [-0.4, -0.2) is 18.9 Å². The summed E-state index contributed by atoms with van der Waals surface area (Å²) in [7, 11) is 0. The third-order valence-corrected chi connectivity index (χ3v) is 3.18. The smallest absolute Gasteiger partial charge is 0.123 e. The number of rotatable bonds is 3. The normalized spacial score (nSPS) is 14.2. The molecule has 1 aromatic rings. The van der Waals surface area contributed by atoms with Gasteiger partial charge in [0, 0.05) is 22.8 Å². The molecule has 0 bridgehead atoms. The summed E-state index contributed by atoms with van der Waals surface area (Å²) < 4.78 is 5.56. The van der Waals surface area contributed by atoms with Crippen molar-refractivity contribution in [3.05, 3.63) is 23.8 Å². The van der Waals surface area contributed by atoms with Crippen molar-refractivity contribution in [3.8, 4) is 5.75 Å². The summed E-state index contributed by atoms with van der Waals surface area (Å²) in [6.45, 7) is 1.19. The minimum Gasteiger partial charge on any atom is -0.492 e. The summed E-state index contributed by atoms with van der Waals surface area (Å²) >= 11 is 1.90. The summed E-state index contributed by atoms with van der Waals surface area (Å²) in [5.74, 6) is 2.20. The van der Waals surface area contributed by atoms with Gasteiger partial charge in [0.25, 0.3) is 0 Å². The number of thioether (sulfide) groups is 1. The van der Waals surface area contributed by atoms with Gasteiger partial charge >= 0.3 is 0 Å². The molecular formula is C10H13NOS. The van der Waals surface area contributed by atoms with E-state index in [1.165, 1.54) is 16.2 Å². The predicted molar refractivity (Wildman–Crippen MR) is 55.4 cm³/mol. The molecule has 0 spiro atoms. The fourth-order valence-corrected chi connectivity index (χ4v) is 2.57. The molecule has 0 fully saturated rings. The highest BCUT2D eigenvalue weighted by atomic mass is 32.2. The van der Waals surface area contributed by atoms with E-state index in [4.69, 9.17) is 10.5 Å². The van der Waals surface area contributed by atoms with Gasteiger partial charge in [0.15, 0.2) is 0 Å². The van der Waals surface area contributed by atoms with E-state index in [0.717, 1.165) is 12.2 Å². The van der Waals surface area contributed by atoms with Crippen molar-refractivity contribution < 1.29 is 4.74 Å². The van der Waals surface area contributed by atoms with Gasteiger partial charge in [-0.05, 0) is 18.6 Å². The monoisotopic (exact) mass is 195 g/mol. The molecule has 1 aliphatic heterocycles. The van der Waals surface area contributed by atoms with Crippen LogP contribution in [0, 0.1) is 0 Å². The Morgan fingerprint density at radius 1 is 1.46 bits per heavy atom. The van der Waals surface area contributed by atoms with E-state index in [9.17, 15) is 0 Å². The van der Waals surface area contributed by atoms with Gasteiger partial charge in [0.05, 0.1) is 0 Å². The van der Waals surface area contributed by atoms with Crippen molar-refractivity contribution in [3.63, 3.8) is 0 Å². The number of hydrogen-bond acceptors (Lipinski definition) is 3. The molecule has 0 unspecified atom stereocenters. The molecule has 1 aliphatic rings. The molecular weight excluding hydrogens is 182 g/mol. The molecule has 1 heterocycles. The van der Waals surface area contributed by atoms with Gasteiger partial charge in [-0.2, -0.15) is 0 Å².